The number of aliphatic hydroxyl groups excluding tert-OH is 1. The number of carboxylic acids is 1. The highest BCUT2D eigenvalue weighted by Crippen LogP contribution is 2.42. The SMILES string of the molecule is C=CCN(C[C@H]1O[C@@H](c2cccc(NC(=O)CCC(=O)O)c2)O[C@@H](c2ccc(CO)cc2)[C@H]1C)C1CCCC1. The van der Waals surface area contributed by atoms with Gasteiger partial charge in [-0.2, -0.15) is 0 Å². The second kappa shape index (κ2) is 13.8. The minimum absolute atomic E-state index is 0.0153. The summed E-state index contributed by atoms with van der Waals surface area (Å²) in [4.78, 5) is 25.5. The molecule has 2 aliphatic rings. The fourth-order valence-electron chi connectivity index (χ4n) is 5.57. The molecule has 8 heteroatoms. The van der Waals surface area contributed by atoms with Crippen LogP contribution < -0.4 is 5.32 Å². The lowest BCUT2D eigenvalue weighted by Gasteiger charge is -2.43. The van der Waals surface area contributed by atoms with Crippen molar-refractivity contribution in [1.82, 2.24) is 4.90 Å². The third-order valence-corrected chi connectivity index (χ3v) is 7.75. The van der Waals surface area contributed by atoms with E-state index in [4.69, 9.17) is 14.6 Å². The Morgan fingerprint density at radius 2 is 1.82 bits per heavy atom. The van der Waals surface area contributed by atoms with E-state index in [1.165, 1.54) is 25.7 Å². The van der Waals surface area contributed by atoms with Crippen molar-refractivity contribution >= 4 is 17.6 Å². The van der Waals surface area contributed by atoms with Crippen LogP contribution in [0, 0.1) is 5.92 Å². The van der Waals surface area contributed by atoms with Crippen LogP contribution in [0.15, 0.2) is 61.2 Å². The average molecular weight is 537 g/mol. The zero-order valence-corrected chi connectivity index (χ0v) is 22.6. The second-order valence-electron chi connectivity index (χ2n) is 10.6. The number of rotatable bonds is 12. The van der Waals surface area contributed by atoms with E-state index < -0.39 is 12.3 Å². The number of carbonyl (C=O) groups is 2. The first kappa shape index (κ1) is 29.0. The summed E-state index contributed by atoms with van der Waals surface area (Å²) in [5.74, 6) is -1.30. The standard InChI is InChI=1S/C31H40N2O6/c1-3-17-33(26-9-4-5-10-26)19-27-21(2)30(23-13-11-22(20-34)12-14-23)39-31(38-27)24-7-6-8-25(18-24)32-28(35)15-16-29(36)37/h3,6-8,11-14,18,21,26-27,30-31,34H,1,4-5,9-10,15-17,19-20H2,2H3,(H,32,35)(H,36,37)/t21-,27+,30+,31+/m0/s1. The number of nitrogens with zero attached hydrogens (tertiary/aromatic N) is 1. The predicted molar refractivity (Wildman–Crippen MR) is 149 cm³/mol. The number of aliphatic hydroxyl groups is 1. The lowest BCUT2D eigenvalue weighted by molar-refractivity contribution is -0.276. The van der Waals surface area contributed by atoms with Gasteiger partial charge in [-0.25, -0.2) is 0 Å². The first-order valence-corrected chi connectivity index (χ1v) is 13.8. The summed E-state index contributed by atoms with van der Waals surface area (Å²) in [6.45, 7) is 7.69. The van der Waals surface area contributed by atoms with Gasteiger partial charge in [0.15, 0.2) is 6.29 Å². The third-order valence-electron chi connectivity index (χ3n) is 7.75. The van der Waals surface area contributed by atoms with Crippen molar-refractivity contribution in [2.75, 3.05) is 18.4 Å². The minimum Gasteiger partial charge on any atom is -0.481 e. The van der Waals surface area contributed by atoms with Gasteiger partial charge >= 0.3 is 5.97 Å². The van der Waals surface area contributed by atoms with Gasteiger partial charge in [-0.3, -0.25) is 14.5 Å². The smallest absolute Gasteiger partial charge is 0.303 e. The quantitative estimate of drug-likeness (QED) is 0.320. The molecule has 2 aromatic carbocycles. The van der Waals surface area contributed by atoms with Crippen molar-refractivity contribution in [3.05, 3.63) is 77.9 Å². The summed E-state index contributed by atoms with van der Waals surface area (Å²) < 4.78 is 13.2. The zero-order valence-electron chi connectivity index (χ0n) is 22.6. The molecular formula is C31H40N2O6. The molecule has 1 saturated heterocycles. The van der Waals surface area contributed by atoms with Gasteiger partial charge in [0.1, 0.15) is 0 Å². The molecule has 2 fully saturated rings. The van der Waals surface area contributed by atoms with E-state index >= 15 is 0 Å². The molecule has 1 aliphatic heterocycles. The number of hydrogen-bond donors (Lipinski definition) is 3. The Hall–Kier alpha value is -3.04. The number of carbonyl (C=O) groups excluding carboxylic acids is 1. The Bertz CT molecular complexity index is 1110. The van der Waals surface area contributed by atoms with E-state index in [0.717, 1.165) is 29.8 Å². The maximum absolute atomic E-state index is 12.2. The number of hydrogen-bond acceptors (Lipinski definition) is 6. The molecule has 1 amide bonds. The van der Waals surface area contributed by atoms with Crippen LogP contribution in [0.2, 0.25) is 0 Å². The summed E-state index contributed by atoms with van der Waals surface area (Å²) in [7, 11) is 0. The zero-order chi connectivity index (χ0) is 27.8. The number of anilines is 1. The maximum atomic E-state index is 12.2. The van der Waals surface area contributed by atoms with Gasteiger partial charge in [0.25, 0.3) is 0 Å². The molecule has 0 unspecified atom stereocenters. The molecule has 8 nitrogen and oxygen atoms in total. The largest absolute Gasteiger partial charge is 0.481 e. The number of amides is 1. The number of aliphatic carboxylic acids is 1. The van der Waals surface area contributed by atoms with Gasteiger partial charge < -0.3 is 25.0 Å². The minimum atomic E-state index is -1.01. The van der Waals surface area contributed by atoms with Crippen LogP contribution in [-0.2, 0) is 25.7 Å². The normalized spacial score (nSPS) is 23.6. The van der Waals surface area contributed by atoms with E-state index in [1.54, 1.807) is 6.07 Å². The van der Waals surface area contributed by atoms with Crippen LogP contribution >= 0.6 is 0 Å². The van der Waals surface area contributed by atoms with Gasteiger partial charge in [0.2, 0.25) is 5.91 Å². The highest BCUT2D eigenvalue weighted by molar-refractivity contribution is 5.92. The number of nitrogens with one attached hydrogen (secondary N) is 1. The van der Waals surface area contributed by atoms with Crippen molar-refractivity contribution in [2.45, 2.75) is 76.6 Å². The molecule has 2 aromatic rings. The molecule has 4 rings (SSSR count). The average Bonchev–Trinajstić information content (AvgIpc) is 3.48. The van der Waals surface area contributed by atoms with Gasteiger partial charge in [0.05, 0.1) is 25.2 Å². The molecular weight excluding hydrogens is 496 g/mol. The summed E-state index contributed by atoms with van der Waals surface area (Å²) in [5, 5.41) is 21.2. The van der Waals surface area contributed by atoms with E-state index in [9.17, 15) is 14.7 Å². The number of carboxylic acid groups (broad SMARTS) is 1. The highest BCUT2D eigenvalue weighted by Gasteiger charge is 2.40. The molecule has 0 aromatic heterocycles. The molecule has 0 spiro atoms. The van der Waals surface area contributed by atoms with Crippen molar-refractivity contribution in [3.8, 4) is 0 Å². The lowest BCUT2D eigenvalue weighted by atomic mass is 9.89. The molecule has 0 bridgehead atoms. The van der Waals surface area contributed by atoms with Crippen LogP contribution in [0.3, 0.4) is 0 Å². The van der Waals surface area contributed by atoms with Crippen LogP contribution in [0.5, 0.6) is 0 Å². The van der Waals surface area contributed by atoms with Gasteiger partial charge in [-0.15, -0.1) is 6.58 Å². The lowest BCUT2D eigenvalue weighted by Crippen LogP contribution is -2.47. The molecule has 1 heterocycles. The van der Waals surface area contributed by atoms with Gasteiger partial charge in [-0.1, -0.05) is 62.2 Å². The van der Waals surface area contributed by atoms with Crippen molar-refractivity contribution in [2.24, 2.45) is 5.92 Å². The third kappa shape index (κ3) is 7.76. The van der Waals surface area contributed by atoms with Crippen LogP contribution in [0.4, 0.5) is 5.69 Å². The summed E-state index contributed by atoms with van der Waals surface area (Å²) in [6.07, 6.45) is 5.51. The topological polar surface area (TPSA) is 108 Å². The van der Waals surface area contributed by atoms with E-state index in [1.807, 2.05) is 48.5 Å². The molecule has 39 heavy (non-hydrogen) atoms. The molecule has 1 aliphatic carbocycles. The number of ether oxygens (including phenoxy) is 2. The van der Waals surface area contributed by atoms with Crippen LogP contribution in [0.25, 0.3) is 0 Å². The van der Waals surface area contributed by atoms with Gasteiger partial charge in [-0.05, 0) is 36.1 Å². The molecule has 1 saturated carbocycles. The Balaban J connectivity index is 1.58. The Labute approximate surface area is 230 Å². The highest BCUT2D eigenvalue weighted by atomic mass is 16.7. The first-order valence-electron chi connectivity index (χ1n) is 13.8. The Morgan fingerprint density at radius 3 is 2.49 bits per heavy atom. The molecule has 0 radical (unpaired) electrons. The fraction of sp³-hybridized carbons (Fsp3) is 0.484. The number of benzene rings is 2. The van der Waals surface area contributed by atoms with Crippen LogP contribution in [0.1, 0.15) is 74.5 Å². The Kier molecular flexibility index (Phi) is 10.3. The van der Waals surface area contributed by atoms with Crippen molar-refractivity contribution in [3.63, 3.8) is 0 Å². The van der Waals surface area contributed by atoms with E-state index in [0.29, 0.717) is 11.7 Å². The summed E-state index contributed by atoms with van der Waals surface area (Å²) in [6, 6.07) is 15.7. The summed E-state index contributed by atoms with van der Waals surface area (Å²) >= 11 is 0. The molecule has 4 atom stereocenters. The molecule has 210 valence electrons. The predicted octanol–water partition coefficient (Wildman–Crippen LogP) is 5.20. The monoisotopic (exact) mass is 536 g/mol. The van der Waals surface area contributed by atoms with E-state index in [-0.39, 0.29) is 43.5 Å². The first-order chi connectivity index (χ1) is 18.9. The van der Waals surface area contributed by atoms with Gasteiger partial charge in [0, 0.05) is 42.7 Å². The fourth-order valence-corrected chi connectivity index (χ4v) is 5.57. The molecule has 3 N–H and O–H groups in total. The summed E-state index contributed by atoms with van der Waals surface area (Å²) in [5.41, 5.74) is 3.20. The van der Waals surface area contributed by atoms with E-state index in [2.05, 4.69) is 23.7 Å². The second-order valence-corrected chi connectivity index (χ2v) is 10.6. The van der Waals surface area contributed by atoms with Crippen molar-refractivity contribution < 1.29 is 29.3 Å². The van der Waals surface area contributed by atoms with Crippen molar-refractivity contribution in [1.29, 1.82) is 0 Å². The Morgan fingerprint density at radius 1 is 1.08 bits per heavy atom. The maximum Gasteiger partial charge on any atom is 0.303 e. The van der Waals surface area contributed by atoms with Crippen LogP contribution in [-0.4, -0.2) is 52.2 Å².